The average molecular weight is 252 g/mol. The lowest BCUT2D eigenvalue weighted by Gasteiger charge is -2.30. The number of hydrogen-bond acceptors (Lipinski definition) is 3. The van der Waals surface area contributed by atoms with Crippen molar-refractivity contribution in [2.24, 2.45) is 0 Å². The van der Waals surface area contributed by atoms with E-state index < -0.39 is 0 Å². The summed E-state index contributed by atoms with van der Waals surface area (Å²) in [5, 5.41) is 3.33. The van der Waals surface area contributed by atoms with Crippen LogP contribution >= 0.6 is 0 Å². The predicted molar refractivity (Wildman–Crippen MR) is 70.2 cm³/mol. The van der Waals surface area contributed by atoms with Gasteiger partial charge in [-0.05, 0) is 31.6 Å². The van der Waals surface area contributed by atoms with Crippen molar-refractivity contribution in [3.63, 3.8) is 0 Å². The number of nitrogens with zero attached hydrogens (tertiary/aromatic N) is 1. The van der Waals surface area contributed by atoms with Gasteiger partial charge < -0.3 is 15.0 Å². The third-order valence-corrected chi connectivity index (χ3v) is 3.24. The van der Waals surface area contributed by atoms with Crippen molar-refractivity contribution >= 4 is 0 Å². The molecule has 1 saturated heterocycles. The van der Waals surface area contributed by atoms with Gasteiger partial charge in [0.05, 0.1) is 12.7 Å². The van der Waals surface area contributed by atoms with Gasteiger partial charge in [0.15, 0.2) is 0 Å². The van der Waals surface area contributed by atoms with E-state index in [4.69, 9.17) is 4.74 Å². The second-order valence-electron chi connectivity index (χ2n) is 4.80. The molecule has 0 radical (unpaired) electrons. The molecule has 4 heteroatoms. The summed E-state index contributed by atoms with van der Waals surface area (Å²) in [5.74, 6) is -0.118. The fourth-order valence-corrected chi connectivity index (χ4v) is 2.18. The third kappa shape index (κ3) is 4.05. The molecule has 0 bridgehead atoms. The summed E-state index contributed by atoms with van der Waals surface area (Å²) in [4.78, 5) is 2.27. The summed E-state index contributed by atoms with van der Waals surface area (Å²) in [6.07, 6.45) is 0.972. The Balaban J connectivity index is 1.65. The zero-order valence-electron chi connectivity index (χ0n) is 10.9. The topological polar surface area (TPSA) is 24.5 Å². The Kier molecular flexibility index (Phi) is 5.11. The van der Waals surface area contributed by atoms with Crippen molar-refractivity contribution in [2.45, 2.75) is 12.5 Å². The number of nitrogens with one attached hydrogen (secondary N) is 1. The molecule has 1 unspecified atom stereocenters. The van der Waals surface area contributed by atoms with E-state index in [1.165, 1.54) is 6.07 Å². The predicted octanol–water partition coefficient (Wildman–Crippen LogP) is 1.29. The first-order chi connectivity index (χ1) is 8.75. The summed E-state index contributed by atoms with van der Waals surface area (Å²) >= 11 is 0. The Labute approximate surface area is 108 Å². The fraction of sp³-hybridized carbons (Fsp3) is 0.571. The summed E-state index contributed by atoms with van der Waals surface area (Å²) in [5.41, 5.74) is 0.770. The molecule has 1 aromatic carbocycles. The number of rotatable bonds is 5. The van der Waals surface area contributed by atoms with E-state index in [2.05, 4.69) is 17.3 Å². The van der Waals surface area contributed by atoms with Gasteiger partial charge in [0.25, 0.3) is 0 Å². The molecule has 0 amide bonds. The van der Waals surface area contributed by atoms with E-state index in [9.17, 15) is 4.39 Å². The van der Waals surface area contributed by atoms with Gasteiger partial charge in [0, 0.05) is 19.6 Å². The van der Waals surface area contributed by atoms with Crippen LogP contribution in [0.1, 0.15) is 5.56 Å². The van der Waals surface area contributed by atoms with Crippen molar-refractivity contribution < 1.29 is 9.13 Å². The van der Waals surface area contributed by atoms with E-state index >= 15 is 0 Å². The Morgan fingerprint density at radius 2 is 2.28 bits per heavy atom. The standard InChI is InChI=1S/C14H21FN2O/c1-17-8-9-18-13(11-17)10-16-7-6-12-4-2-3-5-14(12)15/h2-5,13,16H,6-11H2,1H3. The Morgan fingerprint density at radius 1 is 1.44 bits per heavy atom. The highest BCUT2D eigenvalue weighted by Gasteiger charge is 2.16. The van der Waals surface area contributed by atoms with Gasteiger partial charge >= 0.3 is 0 Å². The Bertz CT molecular complexity index is 373. The van der Waals surface area contributed by atoms with Crippen molar-refractivity contribution in [3.05, 3.63) is 35.6 Å². The van der Waals surface area contributed by atoms with Crippen LogP contribution in [-0.4, -0.2) is 50.8 Å². The van der Waals surface area contributed by atoms with Crippen LogP contribution in [0.25, 0.3) is 0 Å². The summed E-state index contributed by atoms with van der Waals surface area (Å²) in [6, 6.07) is 6.94. The van der Waals surface area contributed by atoms with Gasteiger partial charge in [-0.15, -0.1) is 0 Å². The highest BCUT2D eigenvalue weighted by molar-refractivity contribution is 5.17. The summed E-state index contributed by atoms with van der Waals surface area (Å²) in [7, 11) is 2.11. The van der Waals surface area contributed by atoms with Crippen molar-refractivity contribution in [1.82, 2.24) is 10.2 Å². The van der Waals surface area contributed by atoms with Gasteiger partial charge in [-0.2, -0.15) is 0 Å². The molecule has 1 aliphatic heterocycles. The minimum Gasteiger partial charge on any atom is -0.374 e. The van der Waals surface area contributed by atoms with Crippen LogP contribution < -0.4 is 5.32 Å². The van der Waals surface area contributed by atoms with Crippen molar-refractivity contribution in [2.75, 3.05) is 39.8 Å². The number of hydrogen-bond donors (Lipinski definition) is 1. The van der Waals surface area contributed by atoms with Crippen LogP contribution in [0.4, 0.5) is 4.39 Å². The first-order valence-corrected chi connectivity index (χ1v) is 6.50. The first-order valence-electron chi connectivity index (χ1n) is 6.50. The lowest BCUT2D eigenvalue weighted by molar-refractivity contribution is -0.0179. The zero-order valence-corrected chi connectivity index (χ0v) is 10.9. The second kappa shape index (κ2) is 6.83. The molecule has 0 aromatic heterocycles. The van der Waals surface area contributed by atoms with Crippen molar-refractivity contribution in [3.8, 4) is 0 Å². The molecule has 100 valence electrons. The number of benzene rings is 1. The Hall–Kier alpha value is -0.970. The SMILES string of the molecule is CN1CCOC(CNCCc2ccccc2F)C1. The van der Waals surface area contributed by atoms with Crippen LogP contribution in [-0.2, 0) is 11.2 Å². The Morgan fingerprint density at radius 3 is 3.06 bits per heavy atom. The van der Waals surface area contributed by atoms with Crippen LogP contribution in [0, 0.1) is 5.82 Å². The minimum atomic E-state index is -0.118. The fourth-order valence-electron chi connectivity index (χ4n) is 2.18. The molecule has 2 rings (SSSR count). The van der Waals surface area contributed by atoms with E-state index in [-0.39, 0.29) is 11.9 Å². The first kappa shape index (κ1) is 13.5. The molecule has 0 saturated carbocycles. The second-order valence-corrected chi connectivity index (χ2v) is 4.80. The summed E-state index contributed by atoms with van der Waals surface area (Å²) in [6.45, 7) is 4.39. The molecular weight excluding hydrogens is 231 g/mol. The molecule has 1 N–H and O–H groups in total. The average Bonchev–Trinajstić information content (AvgIpc) is 2.37. The largest absolute Gasteiger partial charge is 0.374 e. The molecule has 1 fully saturated rings. The molecule has 1 heterocycles. The van der Waals surface area contributed by atoms with Crippen molar-refractivity contribution in [1.29, 1.82) is 0 Å². The monoisotopic (exact) mass is 252 g/mol. The smallest absolute Gasteiger partial charge is 0.126 e. The molecule has 0 aliphatic carbocycles. The normalized spacial score (nSPS) is 21.1. The van der Waals surface area contributed by atoms with E-state index in [0.717, 1.165) is 44.8 Å². The molecule has 3 nitrogen and oxygen atoms in total. The van der Waals surface area contributed by atoms with Gasteiger partial charge in [-0.1, -0.05) is 18.2 Å². The molecule has 18 heavy (non-hydrogen) atoms. The van der Waals surface area contributed by atoms with Crippen LogP contribution in [0.3, 0.4) is 0 Å². The number of morpholine rings is 1. The highest BCUT2D eigenvalue weighted by Crippen LogP contribution is 2.06. The number of likely N-dealkylation sites (N-methyl/N-ethyl adjacent to an activating group) is 1. The third-order valence-electron chi connectivity index (χ3n) is 3.24. The van der Waals surface area contributed by atoms with Crippen LogP contribution in [0.5, 0.6) is 0 Å². The lowest BCUT2D eigenvalue weighted by Crippen LogP contribution is -2.45. The number of ether oxygens (including phenoxy) is 1. The molecule has 1 aromatic rings. The lowest BCUT2D eigenvalue weighted by atomic mass is 10.1. The summed E-state index contributed by atoms with van der Waals surface area (Å²) < 4.78 is 19.0. The van der Waals surface area contributed by atoms with Crippen LogP contribution in [0.2, 0.25) is 0 Å². The molecule has 1 atom stereocenters. The number of halogens is 1. The van der Waals surface area contributed by atoms with E-state index in [1.54, 1.807) is 6.07 Å². The molecule has 0 spiro atoms. The van der Waals surface area contributed by atoms with Gasteiger partial charge in [-0.25, -0.2) is 4.39 Å². The molecule has 1 aliphatic rings. The van der Waals surface area contributed by atoms with Crippen LogP contribution in [0.15, 0.2) is 24.3 Å². The highest BCUT2D eigenvalue weighted by atomic mass is 19.1. The van der Waals surface area contributed by atoms with Gasteiger partial charge in [-0.3, -0.25) is 0 Å². The van der Waals surface area contributed by atoms with E-state index in [0.29, 0.717) is 0 Å². The maximum atomic E-state index is 13.4. The van der Waals surface area contributed by atoms with Gasteiger partial charge in [0.1, 0.15) is 5.82 Å². The van der Waals surface area contributed by atoms with Gasteiger partial charge in [0.2, 0.25) is 0 Å². The maximum Gasteiger partial charge on any atom is 0.126 e. The van der Waals surface area contributed by atoms with E-state index in [1.807, 2.05) is 12.1 Å². The quantitative estimate of drug-likeness (QED) is 0.799. The molecular formula is C14H21FN2O. The maximum absolute atomic E-state index is 13.4. The minimum absolute atomic E-state index is 0.118. The zero-order chi connectivity index (χ0) is 12.8.